The standard InChI is InChI=1S/C12H9N3OS/c16-7-8-3-6-17-12(8)15-10-2-5-14-11-9(10)1-4-13-11/h1-7H,(H2,13,14,15). The molecule has 0 fully saturated rings. The van der Waals surface area contributed by atoms with Crippen molar-refractivity contribution >= 4 is 39.3 Å². The molecule has 0 amide bonds. The van der Waals surface area contributed by atoms with Gasteiger partial charge in [-0.3, -0.25) is 4.79 Å². The monoisotopic (exact) mass is 243 g/mol. The minimum Gasteiger partial charge on any atom is -0.346 e. The highest BCUT2D eigenvalue weighted by atomic mass is 32.1. The molecule has 84 valence electrons. The number of nitrogens with one attached hydrogen (secondary N) is 2. The minimum atomic E-state index is 0.676. The summed E-state index contributed by atoms with van der Waals surface area (Å²) in [5, 5.41) is 7.02. The van der Waals surface area contributed by atoms with Gasteiger partial charge in [0.15, 0.2) is 6.29 Å². The first-order valence-corrected chi connectivity index (χ1v) is 5.98. The summed E-state index contributed by atoms with van der Waals surface area (Å²) in [5.74, 6) is 0. The summed E-state index contributed by atoms with van der Waals surface area (Å²) in [5.41, 5.74) is 2.46. The molecule has 17 heavy (non-hydrogen) atoms. The van der Waals surface area contributed by atoms with E-state index < -0.39 is 0 Å². The number of carbonyl (C=O) groups excluding carboxylic acids is 1. The number of pyridine rings is 1. The van der Waals surface area contributed by atoms with E-state index in [2.05, 4.69) is 15.3 Å². The van der Waals surface area contributed by atoms with Gasteiger partial charge in [-0.05, 0) is 23.6 Å². The van der Waals surface area contributed by atoms with E-state index in [4.69, 9.17) is 0 Å². The number of carbonyl (C=O) groups is 1. The summed E-state index contributed by atoms with van der Waals surface area (Å²) in [6, 6.07) is 5.65. The van der Waals surface area contributed by atoms with Crippen molar-refractivity contribution in [2.45, 2.75) is 0 Å². The van der Waals surface area contributed by atoms with Crippen LogP contribution in [0.5, 0.6) is 0 Å². The minimum absolute atomic E-state index is 0.676. The molecule has 3 aromatic rings. The number of fused-ring (bicyclic) bond motifs is 1. The Balaban J connectivity index is 2.05. The van der Waals surface area contributed by atoms with Crippen molar-refractivity contribution in [2.75, 3.05) is 5.32 Å². The zero-order valence-electron chi connectivity index (χ0n) is 8.81. The van der Waals surface area contributed by atoms with Crippen LogP contribution in [0, 0.1) is 0 Å². The SMILES string of the molecule is O=Cc1ccsc1Nc1ccnc2[nH]ccc12. The van der Waals surface area contributed by atoms with Crippen LogP contribution in [-0.4, -0.2) is 16.3 Å². The van der Waals surface area contributed by atoms with Gasteiger partial charge in [-0.15, -0.1) is 11.3 Å². The fraction of sp³-hybridized carbons (Fsp3) is 0. The van der Waals surface area contributed by atoms with Crippen LogP contribution in [0.1, 0.15) is 10.4 Å². The number of hydrogen-bond acceptors (Lipinski definition) is 4. The Bertz CT molecular complexity index is 671. The maximum Gasteiger partial charge on any atom is 0.153 e. The second kappa shape index (κ2) is 4.03. The van der Waals surface area contributed by atoms with Crippen LogP contribution in [0.4, 0.5) is 10.7 Å². The Morgan fingerprint density at radius 2 is 2.29 bits per heavy atom. The molecule has 2 N–H and O–H groups in total. The number of rotatable bonds is 3. The molecule has 0 aliphatic carbocycles. The van der Waals surface area contributed by atoms with E-state index in [1.165, 1.54) is 11.3 Å². The number of aromatic amines is 1. The third-order valence-electron chi connectivity index (χ3n) is 2.53. The van der Waals surface area contributed by atoms with Crippen molar-refractivity contribution in [3.05, 3.63) is 41.5 Å². The lowest BCUT2D eigenvalue weighted by molar-refractivity contribution is 0.112. The second-order valence-corrected chi connectivity index (χ2v) is 4.46. The van der Waals surface area contributed by atoms with Crippen LogP contribution in [-0.2, 0) is 0 Å². The summed E-state index contributed by atoms with van der Waals surface area (Å²) in [4.78, 5) is 18.1. The van der Waals surface area contributed by atoms with E-state index in [1.807, 2.05) is 23.7 Å². The van der Waals surface area contributed by atoms with Gasteiger partial charge in [0, 0.05) is 23.3 Å². The van der Waals surface area contributed by atoms with Gasteiger partial charge in [-0.25, -0.2) is 4.98 Å². The van der Waals surface area contributed by atoms with Crippen LogP contribution in [0.3, 0.4) is 0 Å². The molecule has 0 saturated heterocycles. The van der Waals surface area contributed by atoms with Crippen LogP contribution in [0.15, 0.2) is 36.0 Å². The third kappa shape index (κ3) is 1.70. The third-order valence-corrected chi connectivity index (χ3v) is 3.38. The number of aromatic nitrogens is 2. The summed E-state index contributed by atoms with van der Waals surface area (Å²) < 4.78 is 0. The average molecular weight is 243 g/mol. The first-order valence-electron chi connectivity index (χ1n) is 5.10. The Morgan fingerprint density at radius 3 is 3.18 bits per heavy atom. The molecule has 0 radical (unpaired) electrons. The smallest absolute Gasteiger partial charge is 0.153 e. The van der Waals surface area contributed by atoms with E-state index in [0.29, 0.717) is 5.56 Å². The molecule has 0 spiro atoms. The molecule has 0 saturated carbocycles. The number of hydrogen-bond donors (Lipinski definition) is 2. The molecular weight excluding hydrogens is 234 g/mol. The van der Waals surface area contributed by atoms with E-state index in [0.717, 1.165) is 28.0 Å². The van der Waals surface area contributed by atoms with E-state index in [1.54, 1.807) is 12.3 Å². The molecule has 5 heteroatoms. The molecule has 0 aliphatic heterocycles. The lowest BCUT2D eigenvalue weighted by atomic mass is 10.2. The first-order chi connectivity index (χ1) is 8.38. The first kappa shape index (κ1) is 10.0. The van der Waals surface area contributed by atoms with E-state index in [-0.39, 0.29) is 0 Å². The van der Waals surface area contributed by atoms with Gasteiger partial charge in [0.25, 0.3) is 0 Å². The maximum absolute atomic E-state index is 10.8. The van der Waals surface area contributed by atoms with Crippen molar-refractivity contribution in [3.63, 3.8) is 0 Å². The number of H-pyrrole nitrogens is 1. The lowest BCUT2D eigenvalue weighted by Crippen LogP contribution is -1.92. The number of aldehydes is 1. The molecule has 0 aliphatic rings. The number of thiophene rings is 1. The number of nitrogens with zero attached hydrogens (tertiary/aromatic N) is 1. The molecule has 3 rings (SSSR count). The zero-order chi connectivity index (χ0) is 11.7. The quantitative estimate of drug-likeness (QED) is 0.694. The van der Waals surface area contributed by atoms with Crippen molar-refractivity contribution in [1.82, 2.24) is 9.97 Å². The van der Waals surface area contributed by atoms with Crippen LogP contribution in [0.25, 0.3) is 11.0 Å². The van der Waals surface area contributed by atoms with E-state index in [9.17, 15) is 4.79 Å². The summed E-state index contributed by atoms with van der Waals surface area (Å²) in [6.45, 7) is 0. The molecule has 0 atom stereocenters. The summed E-state index contributed by atoms with van der Waals surface area (Å²) in [6.07, 6.45) is 4.43. The Kier molecular flexibility index (Phi) is 2.38. The topological polar surface area (TPSA) is 57.8 Å². The van der Waals surface area contributed by atoms with Crippen molar-refractivity contribution in [3.8, 4) is 0 Å². The van der Waals surface area contributed by atoms with Crippen molar-refractivity contribution in [1.29, 1.82) is 0 Å². The van der Waals surface area contributed by atoms with Crippen LogP contribution >= 0.6 is 11.3 Å². The normalized spacial score (nSPS) is 10.6. The molecular formula is C12H9N3OS. The van der Waals surface area contributed by atoms with Crippen molar-refractivity contribution < 1.29 is 4.79 Å². The number of anilines is 2. The van der Waals surface area contributed by atoms with Gasteiger partial charge in [-0.1, -0.05) is 0 Å². The highest BCUT2D eigenvalue weighted by Gasteiger charge is 2.06. The molecule has 4 nitrogen and oxygen atoms in total. The average Bonchev–Trinajstić information content (AvgIpc) is 2.97. The largest absolute Gasteiger partial charge is 0.346 e. The second-order valence-electron chi connectivity index (χ2n) is 3.55. The van der Waals surface area contributed by atoms with Gasteiger partial charge < -0.3 is 10.3 Å². The van der Waals surface area contributed by atoms with Gasteiger partial charge in [0.2, 0.25) is 0 Å². The van der Waals surface area contributed by atoms with Crippen molar-refractivity contribution in [2.24, 2.45) is 0 Å². The Morgan fingerprint density at radius 1 is 1.35 bits per heavy atom. The lowest BCUT2D eigenvalue weighted by Gasteiger charge is -2.05. The molecule has 0 bridgehead atoms. The summed E-state index contributed by atoms with van der Waals surface area (Å²) in [7, 11) is 0. The van der Waals surface area contributed by atoms with Crippen LogP contribution < -0.4 is 5.32 Å². The highest BCUT2D eigenvalue weighted by molar-refractivity contribution is 7.14. The summed E-state index contributed by atoms with van der Waals surface area (Å²) >= 11 is 1.51. The molecule has 3 aromatic heterocycles. The Hall–Kier alpha value is -2.14. The molecule has 3 heterocycles. The van der Waals surface area contributed by atoms with Gasteiger partial charge in [0.1, 0.15) is 10.6 Å². The predicted octanol–water partition coefficient (Wildman–Crippen LogP) is 3.18. The highest BCUT2D eigenvalue weighted by Crippen LogP contribution is 2.29. The Labute approximate surface area is 101 Å². The van der Waals surface area contributed by atoms with Gasteiger partial charge in [-0.2, -0.15) is 0 Å². The zero-order valence-corrected chi connectivity index (χ0v) is 9.62. The molecule has 0 unspecified atom stereocenters. The van der Waals surface area contributed by atoms with Crippen LogP contribution in [0.2, 0.25) is 0 Å². The van der Waals surface area contributed by atoms with E-state index >= 15 is 0 Å². The fourth-order valence-electron chi connectivity index (χ4n) is 1.71. The molecule has 0 aromatic carbocycles. The fourth-order valence-corrected chi connectivity index (χ4v) is 2.48. The predicted molar refractivity (Wildman–Crippen MR) is 69.1 cm³/mol. The van der Waals surface area contributed by atoms with Gasteiger partial charge in [0.05, 0.1) is 5.69 Å². The van der Waals surface area contributed by atoms with Gasteiger partial charge >= 0.3 is 0 Å². The maximum atomic E-state index is 10.8.